The maximum Gasteiger partial charge on any atom is 0.275 e. The van der Waals surface area contributed by atoms with Gasteiger partial charge in [-0.15, -0.1) is 0 Å². The van der Waals surface area contributed by atoms with Crippen molar-refractivity contribution in [2.45, 2.75) is 13.0 Å². The van der Waals surface area contributed by atoms with Crippen molar-refractivity contribution in [3.63, 3.8) is 0 Å². The Balaban J connectivity index is 3.34. The molecule has 1 rings (SSSR count). The van der Waals surface area contributed by atoms with Crippen LogP contribution in [0.1, 0.15) is 18.5 Å². The molecular weight excluding hydrogens is 192 g/mol. The average molecular weight is 201 g/mol. The van der Waals surface area contributed by atoms with Gasteiger partial charge >= 0.3 is 0 Å². The summed E-state index contributed by atoms with van der Waals surface area (Å²) in [5.41, 5.74) is 5.92. The van der Waals surface area contributed by atoms with Crippen molar-refractivity contribution < 1.29 is 4.92 Å². The summed E-state index contributed by atoms with van der Waals surface area (Å²) in [6.07, 6.45) is 0. The van der Waals surface area contributed by atoms with Gasteiger partial charge in [-0.05, 0) is 13.0 Å². The van der Waals surface area contributed by atoms with Crippen LogP contribution in [0.25, 0.3) is 0 Å². The molecule has 1 aromatic rings. The Hall–Kier alpha value is -1.13. The Bertz CT molecular complexity index is 339. The van der Waals surface area contributed by atoms with Crippen LogP contribution in [-0.4, -0.2) is 4.92 Å². The fourth-order valence-corrected chi connectivity index (χ4v) is 1.48. The van der Waals surface area contributed by atoms with E-state index in [0.717, 1.165) is 0 Å². The number of nitro benzene ring substituents is 1. The fraction of sp³-hybridized carbons (Fsp3) is 0.250. The molecule has 0 amide bonds. The molecule has 2 N–H and O–H groups in total. The average Bonchev–Trinajstić information content (AvgIpc) is 2.02. The van der Waals surface area contributed by atoms with Gasteiger partial charge in [0.15, 0.2) is 0 Å². The van der Waals surface area contributed by atoms with E-state index in [1.54, 1.807) is 13.0 Å². The third-order valence-electron chi connectivity index (χ3n) is 1.68. The summed E-state index contributed by atoms with van der Waals surface area (Å²) in [7, 11) is 0. The molecule has 5 heteroatoms. The standard InChI is InChI=1S/C8H9ClN2O2/c1-5(10)8-6(9)3-2-4-7(8)11(12)13/h2-5H,10H2,1H3. The predicted octanol–water partition coefficient (Wildman–Crippen LogP) is 2.27. The van der Waals surface area contributed by atoms with Crippen LogP contribution in [0.2, 0.25) is 5.02 Å². The van der Waals surface area contributed by atoms with Gasteiger partial charge in [0.05, 0.1) is 15.5 Å². The molecule has 0 aliphatic heterocycles. The molecule has 0 fully saturated rings. The predicted molar refractivity (Wildman–Crippen MR) is 50.7 cm³/mol. The summed E-state index contributed by atoms with van der Waals surface area (Å²) in [6.45, 7) is 1.66. The Morgan fingerprint density at radius 3 is 2.62 bits per heavy atom. The summed E-state index contributed by atoms with van der Waals surface area (Å²) < 4.78 is 0. The second kappa shape index (κ2) is 3.72. The van der Waals surface area contributed by atoms with E-state index in [9.17, 15) is 10.1 Å². The minimum Gasteiger partial charge on any atom is -0.324 e. The Morgan fingerprint density at radius 2 is 2.23 bits per heavy atom. The number of nitrogens with zero attached hydrogens (tertiary/aromatic N) is 1. The highest BCUT2D eigenvalue weighted by molar-refractivity contribution is 6.31. The molecule has 13 heavy (non-hydrogen) atoms. The van der Waals surface area contributed by atoms with Gasteiger partial charge in [0.1, 0.15) is 0 Å². The van der Waals surface area contributed by atoms with Crippen LogP contribution < -0.4 is 5.73 Å². The minimum atomic E-state index is -0.482. The molecule has 0 bridgehead atoms. The molecule has 0 saturated heterocycles. The first kappa shape index (κ1) is 9.95. The van der Waals surface area contributed by atoms with Gasteiger partial charge in [-0.3, -0.25) is 10.1 Å². The van der Waals surface area contributed by atoms with Gasteiger partial charge in [0.25, 0.3) is 5.69 Å². The lowest BCUT2D eigenvalue weighted by Crippen LogP contribution is -2.08. The highest BCUT2D eigenvalue weighted by atomic mass is 35.5. The van der Waals surface area contributed by atoms with Crippen molar-refractivity contribution in [1.29, 1.82) is 0 Å². The summed E-state index contributed by atoms with van der Waals surface area (Å²) in [4.78, 5) is 10.1. The lowest BCUT2D eigenvalue weighted by atomic mass is 10.1. The third kappa shape index (κ3) is 1.96. The third-order valence-corrected chi connectivity index (χ3v) is 2.01. The van der Waals surface area contributed by atoms with Gasteiger partial charge in [0, 0.05) is 12.1 Å². The van der Waals surface area contributed by atoms with Gasteiger partial charge < -0.3 is 5.73 Å². The van der Waals surface area contributed by atoms with Crippen molar-refractivity contribution in [3.05, 3.63) is 38.9 Å². The molecular formula is C8H9ClN2O2. The molecule has 0 radical (unpaired) electrons. The number of rotatable bonds is 2. The van der Waals surface area contributed by atoms with Crippen LogP contribution in [0.4, 0.5) is 5.69 Å². The zero-order chi connectivity index (χ0) is 10.0. The quantitative estimate of drug-likeness (QED) is 0.588. The second-order valence-corrected chi connectivity index (χ2v) is 3.13. The number of hydrogen-bond acceptors (Lipinski definition) is 3. The van der Waals surface area contributed by atoms with Crippen LogP contribution in [0, 0.1) is 10.1 Å². The van der Waals surface area contributed by atoms with Crippen molar-refractivity contribution in [3.8, 4) is 0 Å². The number of halogens is 1. The van der Waals surface area contributed by atoms with E-state index < -0.39 is 11.0 Å². The Labute approximate surface area is 80.5 Å². The molecule has 1 unspecified atom stereocenters. The first-order valence-corrected chi connectivity index (χ1v) is 4.10. The lowest BCUT2D eigenvalue weighted by molar-refractivity contribution is -0.385. The fourth-order valence-electron chi connectivity index (χ4n) is 1.14. The van der Waals surface area contributed by atoms with E-state index >= 15 is 0 Å². The molecule has 0 heterocycles. The molecule has 0 saturated carbocycles. The largest absolute Gasteiger partial charge is 0.324 e. The van der Waals surface area contributed by atoms with E-state index in [0.29, 0.717) is 10.6 Å². The topological polar surface area (TPSA) is 69.2 Å². The van der Waals surface area contributed by atoms with E-state index in [4.69, 9.17) is 17.3 Å². The Kier molecular flexibility index (Phi) is 2.85. The van der Waals surface area contributed by atoms with Crippen LogP contribution in [0.5, 0.6) is 0 Å². The highest BCUT2D eigenvalue weighted by Crippen LogP contribution is 2.30. The highest BCUT2D eigenvalue weighted by Gasteiger charge is 2.18. The van der Waals surface area contributed by atoms with Crippen molar-refractivity contribution in [2.24, 2.45) is 5.73 Å². The van der Waals surface area contributed by atoms with E-state index in [2.05, 4.69) is 0 Å². The van der Waals surface area contributed by atoms with E-state index in [-0.39, 0.29) is 5.69 Å². The number of benzene rings is 1. The molecule has 4 nitrogen and oxygen atoms in total. The summed E-state index contributed by atoms with van der Waals surface area (Å²) >= 11 is 5.78. The molecule has 1 aromatic carbocycles. The van der Waals surface area contributed by atoms with Gasteiger partial charge in [-0.25, -0.2) is 0 Å². The normalized spacial score (nSPS) is 12.5. The summed E-state index contributed by atoms with van der Waals surface area (Å²) in [5.74, 6) is 0. The van der Waals surface area contributed by atoms with Crippen LogP contribution in [-0.2, 0) is 0 Å². The van der Waals surface area contributed by atoms with Gasteiger partial charge in [-0.2, -0.15) is 0 Å². The molecule has 0 aliphatic carbocycles. The summed E-state index contributed by atoms with van der Waals surface area (Å²) in [5, 5.41) is 10.9. The maximum absolute atomic E-state index is 10.6. The molecule has 0 aliphatic rings. The molecule has 0 spiro atoms. The lowest BCUT2D eigenvalue weighted by Gasteiger charge is -2.07. The summed E-state index contributed by atoms with van der Waals surface area (Å²) in [6, 6.07) is 4.08. The van der Waals surface area contributed by atoms with E-state index in [1.165, 1.54) is 12.1 Å². The molecule has 1 atom stereocenters. The first-order chi connectivity index (χ1) is 6.04. The zero-order valence-corrected chi connectivity index (χ0v) is 7.78. The van der Waals surface area contributed by atoms with Crippen LogP contribution >= 0.6 is 11.6 Å². The smallest absolute Gasteiger partial charge is 0.275 e. The van der Waals surface area contributed by atoms with Crippen molar-refractivity contribution in [2.75, 3.05) is 0 Å². The van der Waals surface area contributed by atoms with Crippen LogP contribution in [0.3, 0.4) is 0 Å². The van der Waals surface area contributed by atoms with Gasteiger partial charge in [-0.1, -0.05) is 17.7 Å². The SMILES string of the molecule is CC(N)c1c(Cl)cccc1[N+](=O)[O-]. The maximum atomic E-state index is 10.6. The van der Waals surface area contributed by atoms with E-state index in [1.807, 2.05) is 0 Å². The second-order valence-electron chi connectivity index (χ2n) is 2.72. The number of nitrogens with two attached hydrogens (primary N) is 1. The Morgan fingerprint density at radius 1 is 1.62 bits per heavy atom. The van der Waals surface area contributed by atoms with Crippen molar-refractivity contribution in [1.82, 2.24) is 0 Å². The first-order valence-electron chi connectivity index (χ1n) is 3.72. The van der Waals surface area contributed by atoms with Gasteiger partial charge in [0.2, 0.25) is 0 Å². The zero-order valence-electron chi connectivity index (χ0n) is 7.03. The van der Waals surface area contributed by atoms with Crippen molar-refractivity contribution >= 4 is 17.3 Å². The number of hydrogen-bond donors (Lipinski definition) is 1. The monoisotopic (exact) mass is 200 g/mol. The molecule has 70 valence electrons. The molecule has 0 aromatic heterocycles. The minimum absolute atomic E-state index is 0.0255. The number of nitro groups is 1. The van der Waals surface area contributed by atoms with Crippen LogP contribution in [0.15, 0.2) is 18.2 Å².